The Kier molecular flexibility index (Phi) is 4.58. The van der Waals surface area contributed by atoms with Crippen molar-refractivity contribution in [1.29, 1.82) is 0 Å². The summed E-state index contributed by atoms with van der Waals surface area (Å²) in [5, 5.41) is 4.05. The van der Waals surface area contributed by atoms with Gasteiger partial charge in [-0.25, -0.2) is 0 Å². The van der Waals surface area contributed by atoms with E-state index < -0.39 is 0 Å². The van der Waals surface area contributed by atoms with Crippen molar-refractivity contribution in [3.63, 3.8) is 0 Å². The van der Waals surface area contributed by atoms with Gasteiger partial charge in [-0.15, -0.1) is 0 Å². The number of rotatable bonds is 5. The minimum Gasteiger partial charge on any atom is -0.361 e. The van der Waals surface area contributed by atoms with E-state index in [2.05, 4.69) is 5.16 Å². The van der Waals surface area contributed by atoms with Crippen molar-refractivity contribution in [2.45, 2.75) is 52.0 Å². The number of nitrogens with two attached hydrogens (primary N) is 1. The quantitative estimate of drug-likeness (QED) is 0.870. The molecule has 1 aliphatic rings. The summed E-state index contributed by atoms with van der Waals surface area (Å²) in [4.78, 5) is 14.3. The molecule has 0 unspecified atom stereocenters. The normalized spacial score (nSPS) is 19.1. The molecule has 1 atom stereocenters. The summed E-state index contributed by atoms with van der Waals surface area (Å²) < 4.78 is 5.31. The van der Waals surface area contributed by atoms with Gasteiger partial charge in [0.05, 0.1) is 12.1 Å². The summed E-state index contributed by atoms with van der Waals surface area (Å²) in [6.45, 7) is 5.43. The van der Waals surface area contributed by atoms with Crippen LogP contribution in [-0.2, 0) is 24.1 Å². The smallest absolute Gasteiger partial charge is 0.227 e. The van der Waals surface area contributed by atoms with E-state index in [9.17, 15) is 4.79 Å². The van der Waals surface area contributed by atoms with E-state index in [1.165, 1.54) is 0 Å². The van der Waals surface area contributed by atoms with E-state index in [0.29, 0.717) is 13.0 Å². The molecule has 2 heterocycles. The first kappa shape index (κ1) is 14.1. The van der Waals surface area contributed by atoms with E-state index in [1.54, 1.807) is 0 Å². The number of carbonyl (C=O) groups is 1. The van der Waals surface area contributed by atoms with Crippen LogP contribution in [0.1, 0.15) is 43.7 Å². The number of carbonyl (C=O) groups excluding carboxylic acids is 1. The van der Waals surface area contributed by atoms with Gasteiger partial charge in [0.15, 0.2) is 0 Å². The second kappa shape index (κ2) is 6.19. The number of nitrogens with zero attached hydrogens (tertiary/aromatic N) is 2. The predicted octanol–water partition coefficient (Wildman–Crippen LogP) is 1.29. The van der Waals surface area contributed by atoms with Gasteiger partial charge in [-0.2, -0.15) is 0 Å². The Balaban J connectivity index is 2.12. The van der Waals surface area contributed by atoms with Gasteiger partial charge in [-0.05, 0) is 19.3 Å². The molecule has 106 valence electrons. The number of likely N-dealkylation sites (tertiary alicyclic amines) is 1. The number of hydrogen-bond acceptors (Lipinski definition) is 4. The standard InChI is InChI=1S/C14H23N3O2/c1-3-12-11(13(4-2)19-16-12)8-14(18)17-7-5-6-10(17)9-15/h10H,3-9,15H2,1-2H3/t10-/m0/s1. The number of aromatic nitrogens is 1. The fraction of sp³-hybridized carbons (Fsp3) is 0.714. The molecular weight excluding hydrogens is 242 g/mol. The first-order valence-corrected chi connectivity index (χ1v) is 7.17. The Hall–Kier alpha value is -1.36. The van der Waals surface area contributed by atoms with Crippen molar-refractivity contribution >= 4 is 5.91 Å². The molecule has 0 aliphatic carbocycles. The minimum absolute atomic E-state index is 0.153. The SMILES string of the molecule is CCc1noc(CC)c1CC(=O)N1CCC[C@H]1CN. The van der Waals surface area contributed by atoms with Crippen molar-refractivity contribution in [3.8, 4) is 0 Å². The van der Waals surface area contributed by atoms with Crippen LogP contribution in [0.2, 0.25) is 0 Å². The van der Waals surface area contributed by atoms with Gasteiger partial charge in [0.25, 0.3) is 0 Å². The number of aryl methyl sites for hydroxylation is 2. The monoisotopic (exact) mass is 265 g/mol. The Morgan fingerprint density at radius 2 is 2.26 bits per heavy atom. The summed E-state index contributed by atoms with van der Waals surface area (Å²) in [5.74, 6) is 0.995. The van der Waals surface area contributed by atoms with Crippen LogP contribution in [0, 0.1) is 0 Å². The van der Waals surface area contributed by atoms with E-state index >= 15 is 0 Å². The number of hydrogen-bond donors (Lipinski definition) is 1. The van der Waals surface area contributed by atoms with Crippen LogP contribution in [-0.4, -0.2) is 35.1 Å². The lowest BCUT2D eigenvalue weighted by Crippen LogP contribution is -2.40. The van der Waals surface area contributed by atoms with Gasteiger partial charge in [-0.1, -0.05) is 19.0 Å². The van der Waals surface area contributed by atoms with Crippen LogP contribution >= 0.6 is 0 Å². The van der Waals surface area contributed by atoms with Crippen molar-refractivity contribution < 1.29 is 9.32 Å². The van der Waals surface area contributed by atoms with Crippen LogP contribution in [0.3, 0.4) is 0 Å². The Morgan fingerprint density at radius 1 is 1.47 bits per heavy atom. The summed E-state index contributed by atoms with van der Waals surface area (Å²) >= 11 is 0. The molecule has 0 saturated carbocycles. The lowest BCUT2D eigenvalue weighted by atomic mass is 10.1. The Bertz CT molecular complexity index is 420. The first-order valence-electron chi connectivity index (χ1n) is 7.17. The molecular formula is C14H23N3O2. The van der Waals surface area contributed by atoms with Crippen molar-refractivity contribution in [2.75, 3.05) is 13.1 Å². The largest absolute Gasteiger partial charge is 0.361 e. The molecule has 0 aromatic carbocycles. The lowest BCUT2D eigenvalue weighted by Gasteiger charge is -2.23. The second-order valence-electron chi connectivity index (χ2n) is 5.03. The minimum atomic E-state index is 0.153. The van der Waals surface area contributed by atoms with Crippen LogP contribution < -0.4 is 5.73 Å². The van der Waals surface area contributed by atoms with Crippen molar-refractivity contribution in [2.24, 2.45) is 5.73 Å². The van der Waals surface area contributed by atoms with Gasteiger partial charge in [-0.3, -0.25) is 4.79 Å². The van der Waals surface area contributed by atoms with Crippen LogP contribution in [0.25, 0.3) is 0 Å². The maximum Gasteiger partial charge on any atom is 0.227 e. The zero-order valence-corrected chi connectivity index (χ0v) is 11.8. The molecule has 1 aromatic heterocycles. The average Bonchev–Trinajstić information content (AvgIpc) is 3.04. The number of amides is 1. The van der Waals surface area contributed by atoms with Gasteiger partial charge in [0.1, 0.15) is 5.76 Å². The molecule has 2 N–H and O–H groups in total. The van der Waals surface area contributed by atoms with Crippen LogP contribution in [0.15, 0.2) is 4.52 Å². The molecule has 19 heavy (non-hydrogen) atoms. The zero-order valence-electron chi connectivity index (χ0n) is 11.8. The maximum atomic E-state index is 12.4. The maximum absolute atomic E-state index is 12.4. The lowest BCUT2D eigenvalue weighted by molar-refractivity contribution is -0.131. The van der Waals surface area contributed by atoms with Crippen molar-refractivity contribution in [3.05, 3.63) is 17.0 Å². The van der Waals surface area contributed by atoms with E-state index in [4.69, 9.17) is 10.3 Å². The summed E-state index contributed by atoms with van der Waals surface area (Å²) in [7, 11) is 0. The highest BCUT2D eigenvalue weighted by atomic mass is 16.5. The van der Waals surface area contributed by atoms with Gasteiger partial charge < -0.3 is 15.2 Å². The van der Waals surface area contributed by atoms with Gasteiger partial charge >= 0.3 is 0 Å². The molecule has 1 fully saturated rings. The third-order valence-electron chi connectivity index (χ3n) is 3.90. The molecule has 1 saturated heterocycles. The molecule has 1 aromatic rings. The Morgan fingerprint density at radius 3 is 2.89 bits per heavy atom. The summed E-state index contributed by atoms with van der Waals surface area (Å²) in [5.41, 5.74) is 7.62. The zero-order chi connectivity index (χ0) is 13.8. The van der Waals surface area contributed by atoms with E-state index in [0.717, 1.165) is 49.2 Å². The molecule has 5 heteroatoms. The van der Waals surface area contributed by atoms with E-state index in [-0.39, 0.29) is 11.9 Å². The third kappa shape index (κ3) is 2.81. The Labute approximate surface area is 114 Å². The fourth-order valence-electron chi connectivity index (χ4n) is 2.80. The van der Waals surface area contributed by atoms with Crippen LogP contribution in [0.4, 0.5) is 0 Å². The van der Waals surface area contributed by atoms with Gasteiger partial charge in [0, 0.05) is 31.1 Å². The molecule has 1 amide bonds. The van der Waals surface area contributed by atoms with Crippen molar-refractivity contribution in [1.82, 2.24) is 10.1 Å². The highest BCUT2D eigenvalue weighted by Crippen LogP contribution is 2.21. The van der Waals surface area contributed by atoms with Gasteiger partial charge in [0.2, 0.25) is 5.91 Å². The molecule has 1 aliphatic heterocycles. The van der Waals surface area contributed by atoms with Crippen LogP contribution in [0.5, 0.6) is 0 Å². The highest BCUT2D eigenvalue weighted by molar-refractivity contribution is 5.79. The average molecular weight is 265 g/mol. The fourth-order valence-corrected chi connectivity index (χ4v) is 2.80. The highest BCUT2D eigenvalue weighted by Gasteiger charge is 2.29. The first-order chi connectivity index (χ1) is 9.21. The third-order valence-corrected chi connectivity index (χ3v) is 3.90. The molecule has 2 rings (SSSR count). The summed E-state index contributed by atoms with van der Waals surface area (Å²) in [6.07, 6.45) is 4.04. The predicted molar refractivity (Wildman–Crippen MR) is 72.8 cm³/mol. The molecule has 5 nitrogen and oxygen atoms in total. The molecule has 0 spiro atoms. The summed E-state index contributed by atoms with van der Waals surface area (Å²) in [6, 6.07) is 0.211. The van der Waals surface area contributed by atoms with E-state index in [1.807, 2.05) is 18.7 Å². The molecule has 0 radical (unpaired) electrons. The molecule has 0 bridgehead atoms. The second-order valence-corrected chi connectivity index (χ2v) is 5.03. The topological polar surface area (TPSA) is 72.4 Å².